The minimum atomic E-state index is -0.624. The largest absolute Gasteiger partial charge is 0.504 e. The average molecular weight is 321 g/mol. The predicted molar refractivity (Wildman–Crippen MR) is 89.1 cm³/mol. The van der Waals surface area contributed by atoms with Crippen molar-refractivity contribution in [3.05, 3.63) is 64.7 Å². The zero-order valence-corrected chi connectivity index (χ0v) is 12.3. The van der Waals surface area contributed by atoms with Gasteiger partial charge in [-0.2, -0.15) is 0 Å². The number of phenols is 2. The first-order chi connectivity index (χ1) is 11.6. The Labute approximate surface area is 135 Å². The molecular formula is C18H11NO5. The van der Waals surface area contributed by atoms with Gasteiger partial charge in [0, 0.05) is 28.0 Å². The monoisotopic (exact) mass is 321 g/mol. The van der Waals surface area contributed by atoms with Crippen molar-refractivity contribution in [2.45, 2.75) is 0 Å². The summed E-state index contributed by atoms with van der Waals surface area (Å²) < 4.78 is 5.87. The number of para-hydroxylation sites is 2. The van der Waals surface area contributed by atoms with Crippen LogP contribution in [0.2, 0.25) is 0 Å². The van der Waals surface area contributed by atoms with Crippen molar-refractivity contribution in [3.8, 4) is 22.6 Å². The number of fused-ring (bicyclic) bond motifs is 3. The number of hydrogen-bond donors (Lipinski definition) is 2. The molecule has 0 spiro atoms. The van der Waals surface area contributed by atoms with Gasteiger partial charge in [-0.15, -0.1) is 0 Å². The summed E-state index contributed by atoms with van der Waals surface area (Å²) in [4.78, 5) is 10.4. The first-order valence-corrected chi connectivity index (χ1v) is 7.17. The highest BCUT2D eigenvalue weighted by atomic mass is 16.6. The van der Waals surface area contributed by atoms with E-state index in [0.29, 0.717) is 16.7 Å². The van der Waals surface area contributed by atoms with Crippen LogP contribution >= 0.6 is 0 Å². The first-order valence-electron chi connectivity index (χ1n) is 7.17. The van der Waals surface area contributed by atoms with E-state index in [-0.39, 0.29) is 11.3 Å². The Hall–Kier alpha value is -3.54. The van der Waals surface area contributed by atoms with Gasteiger partial charge in [0.25, 0.3) is 5.69 Å². The van der Waals surface area contributed by atoms with E-state index < -0.39 is 16.4 Å². The van der Waals surface area contributed by atoms with Crippen LogP contribution in [0.3, 0.4) is 0 Å². The van der Waals surface area contributed by atoms with Gasteiger partial charge in [-0.25, -0.2) is 0 Å². The van der Waals surface area contributed by atoms with Crippen LogP contribution in [-0.4, -0.2) is 15.1 Å². The standard InChI is InChI=1S/C18H11NO5/c20-15-9-10(19(22)23)8-14(17(15)21)13-6-3-5-12-11-4-1-2-7-16(11)24-18(12)13/h1-9,20-21H. The van der Waals surface area contributed by atoms with E-state index in [4.69, 9.17) is 4.42 Å². The second-order valence-corrected chi connectivity index (χ2v) is 5.40. The summed E-state index contributed by atoms with van der Waals surface area (Å²) >= 11 is 0. The Morgan fingerprint density at radius 2 is 1.67 bits per heavy atom. The minimum Gasteiger partial charge on any atom is -0.504 e. The number of nitro groups is 1. The predicted octanol–water partition coefficient (Wildman–Crippen LogP) is 4.57. The molecule has 4 aromatic rings. The number of hydrogen-bond acceptors (Lipinski definition) is 5. The molecule has 4 rings (SSSR count). The molecule has 3 aromatic carbocycles. The topological polar surface area (TPSA) is 96.7 Å². The summed E-state index contributed by atoms with van der Waals surface area (Å²) in [6, 6.07) is 14.9. The molecular weight excluding hydrogens is 310 g/mol. The van der Waals surface area contributed by atoms with Crippen molar-refractivity contribution in [1.82, 2.24) is 0 Å². The fraction of sp³-hybridized carbons (Fsp3) is 0. The first kappa shape index (κ1) is 14.1. The normalized spacial score (nSPS) is 11.2. The second kappa shape index (κ2) is 4.99. The van der Waals surface area contributed by atoms with Gasteiger partial charge in [0.2, 0.25) is 0 Å². The minimum absolute atomic E-state index is 0.145. The highest BCUT2D eigenvalue weighted by Crippen LogP contribution is 2.43. The Kier molecular flexibility index (Phi) is 2.93. The smallest absolute Gasteiger partial charge is 0.274 e. The summed E-state index contributed by atoms with van der Waals surface area (Å²) in [6.07, 6.45) is 0. The maximum atomic E-state index is 11.0. The van der Waals surface area contributed by atoms with Crippen molar-refractivity contribution >= 4 is 27.6 Å². The summed E-state index contributed by atoms with van der Waals surface area (Å²) in [5.41, 5.74) is 1.47. The Balaban J connectivity index is 2.09. The molecule has 0 atom stereocenters. The molecule has 0 aliphatic carbocycles. The van der Waals surface area contributed by atoms with Gasteiger partial charge in [0.1, 0.15) is 11.2 Å². The molecule has 24 heavy (non-hydrogen) atoms. The second-order valence-electron chi connectivity index (χ2n) is 5.40. The van der Waals surface area contributed by atoms with E-state index in [1.807, 2.05) is 30.3 Å². The molecule has 1 heterocycles. The van der Waals surface area contributed by atoms with Crippen LogP contribution in [0.1, 0.15) is 0 Å². The molecule has 0 unspecified atom stereocenters. The van der Waals surface area contributed by atoms with Crippen molar-refractivity contribution in [1.29, 1.82) is 0 Å². The van der Waals surface area contributed by atoms with E-state index in [1.165, 1.54) is 6.07 Å². The highest BCUT2D eigenvalue weighted by Gasteiger charge is 2.20. The molecule has 0 aliphatic heterocycles. The number of phenolic OH excluding ortho intramolecular Hbond substituents is 2. The zero-order valence-electron chi connectivity index (χ0n) is 12.3. The molecule has 0 aliphatic rings. The molecule has 2 N–H and O–H groups in total. The van der Waals surface area contributed by atoms with E-state index in [2.05, 4.69) is 0 Å². The maximum absolute atomic E-state index is 11.0. The Bertz CT molecular complexity index is 1110. The maximum Gasteiger partial charge on any atom is 0.274 e. The summed E-state index contributed by atoms with van der Waals surface area (Å²) in [7, 11) is 0. The Morgan fingerprint density at radius 3 is 2.46 bits per heavy atom. The van der Waals surface area contributed by atoms with Crippen LogP contribution < -0.4 is 0 Å². The van der Waals surface area contributed by atoms with Gasteiger partial charge in [-0.3, -0.25) is 10.1 Å². The lowest BCUT2D eigenvalue weighted by Crippen LogP contribution is -1.90. The van der Waals surface area contributed by atoms with E-state index in [9.17, 15) is 20.3 Å². The lowest BCUT2D eigenvalue weighted by atomic mass is 10.0. The number of aromatic hydroxyl groups is 2. The van der Waals surface area contributed by atoms with Crippen molar-refractivity contribution in [3.63, 3.8) is 0 Å². The fourth-order valence-electron chi connectivity index (χ4n) is 2.87. The molecule has 0 bridgehead atoms. The third kappa shape index (κ3) is 1.97. The molecule has 118 valence electrons. The number of non-ortho nitro benzene ring substituents is 1. The number of rotatable bonds is 2. The van der Waals surface area contributed by atoms with Gasteiger partial charge in [0.15, 0.2) is 11.5 Å². The van der Waals surface area contributed by atoms with Gasteiger partial charge in [0.05, 0.1) is 11.0 Å². The lowest BCUT2D eigenvalue weighted by Gasteiger charge is -2.07. The molecule has 0 amide bonds. The van der Waals surface area contributed by atoms with Crippen LogP contribution in [0.4, 0.5) is 5.69 Å². The molecule has 0 saturated heterocycles. The van der Waals surface area contributed by atoms with Crippen LogP contribution in [0, 0.1) is 10.1 Å². The van der Waals surface area contributed by atoms with Gasteiger partial charge in [-0.1, -0.05) is 36.4 Å². The summed E-state index contributed by atoms with van der Waals surface area (Å²) in [6.45, 7) is 0. The van der Waals surface area contributed by atoms with Crippen LogP contribution in [-0.2, 0) is 0 Å². The van der Waals surface area contributed by atoms with Gasteiger partial charge >= 0.3 is 0 Å². The number of nitrogens with zero attached hydrogens (tertiary/aromatic N) is 1. The fourth-order valence-corrected chi connectivity index (χ4v) is 2.87. The van der Waals surface area contributed by atoms with Crippen LogP contribution in [0.5, 0.6) is 11.5 Å². The molecule has 6 heteroatoms. The van der Waals surface area contributed by atoms with Crippen LogP contribution in [0.15, 0.2) is 59.0 Å². The van der Waals surface area contributed by atoms with E-state index in [0.717, 1.165) is 16.8 Å². The molecule has 0 fully saturated rings. The zero-order chi connectivity index (χ0) is 16.8. The van der Waals surface area contributed by atoms with Crippen molar-refractivity contribution in [2.24, 2.45) is 0 Å². The average Bonchev–Trinajstić information content (AvgIpc) is 2.96. The summed E-state index contributed by atoms with van der Waals surface area (Å²) in [5.74, 6) is -0.971. The molecule has 1 aromatic heterocycles. The van der Waals surface area contributed by atoms with Crippen molar-refractivity contribution < 1.29 is 19.6 Å². The summed E-state index contributed by atoms with van der Waals surface area (Å²) in [5, 5.41) is 32.8. The molecule has 0 radical (unpaired) electrons. The molecule has 0 saturated carbocycles. The van der Waals surface area contributed by atoms with Crippen molar-refractivity contribution in [2.75, 3.05) is 0 Å². The number of furan rings is 1. The third-order valence-corrected chi connectivity index (χ3v) is 3.98. The quantitative estimate of drug-likeness (QED) is 0.320. The van der Waals surface area contributed by atoms with Gasteiger partial charge < -0.3 is 14.6 Å². The Morgan fingerprint density at radius 1 is 0.917 bits per heavy atom. The van der Waals surface area contributed by atoms with E-state index >= 15 is 0 Å². The third-order valence-electron chi connectivity index (χ3n) is 3.98. The van der Waals surface area contributed by atoms with Crippen LogP contribution in [0.25, 0.3) is 33.1 Å². The number of nitro benzene ring substituents is 1. The lowest BCUT2D eigenvalue weighted by molar-refractivity contribution is -0.384. The number of benzene rings is 3. The van der Waals surface area contributed by atoms with Gasteiger partial charge in [-0.05, 0) is 6.07 Å². The SMILES string of the molecule is O=[N+]([O-])c1cc(O)c(O)c(-c2cccc3c2oc2ccccc23)c1. The van der Waals surface area contributed by atoms with E-state index in [1.54, 1.807) is 12.1 Å². The molecule has 6 nitrogen and oxygen atoms in total. The highest BCUT2D eigenvalue weighted by molar-refractivity contribution is 6.10.